The largest absolute Gasteiger partial charge is 0.465 e. The van der Waals surface area contributed by atoms with E-state index in [4.69, 9.17) is 0 Å². The van der Waals surface area contributed by atoms with Crippen molar-refractivity contribution >= 4 is 40.2 Å². The van der Waals surface area contributed by atoms with Gasteiger partial charge in [-0.05, 0) is 12.8 Å². The Morgan fingerprint density at radius 2 is 1.92 bits per heavy atom. The number of amides is 3. The van der Waals surface area contributed by atoms with E-state index in [2.05, 4.69) is 15.0 Å². The van der Waals surface area contributed by atoms with Crippen LogP contribution in [0.5, 0.6) is 0 Å². The molecule has 2 atom stereocenters. The maximum absolute atomic E-state index is 12.3. The summed E-state index contributed by atoms with van der Waals surface area (Å²) < 4.78 is 4.58. The fraction of sp³-hybridized carbons (Fsp3) is 0.562. The summed E-state index contributed by atoms with van der Waals surface area (Å²) in [6.07, 6.45) is 4.79. The lowest BCUT2D eigenvalue weighted by Crippen LogP contribution is -2.34. The lowest BCUT2D eigenvalue weighted by Gasteiger charge is -2.19. The average Bonchev–Trinajstić information content (AvgIpc) is 3.17. The molecule has 1 N–H and O–H groups in total. The molecular formula is C16H19N3O5S. The number of hydrogen-bond acceptors (Lipinski definition) is 7. The first-order valence-electron chi connectivity index (χ1n) is 8.20. The molecule has 25 heavy (non-hydrogen) atoms. The van der Waals surface area contributed by atoms with Gasteiger partial charge in [0.15, 0.2) is 5.13 Å². The summed E-state index contributed by atoms with van der Waals surface area (Å²) in [4.78, 5) is 53.5. The second kappa shape index (κ2) is 7.30. The topological polar surface area (TPSA) is 106 Å². The van der Waals surface area contributed by atoms with Crippen molar-refractivity contribution in [2.24, 2.45) is 11.8 Å². The highest BCUT2D eigenvalue weighted by Crippen LogP contribution is 2.37. The van der Waals surface area contributed by atoms with Crippen LogP contribution < -0.4 is 5.32 Å². The predicted octanol–water partition coefficient (Wildman–Crippen LogP) is 1.43. The van der Waals surface area contributed by atoms with Crippen LogP contribution in [0.15, 0.2) is 6.20 Å². The Bertz CT molecular complexity index is 692. The van der Waals surface area contributed by atoms with E-state index in [-0.39, 0.29) is 52.5 Å². The number of hydrogen-bond donors (Lipinski definition) is 1. The molecule has 3 amide bonds. The molecule has 1 saturated carbocycles. The van der Waals surface area contributed by atoms with Crippen molar-refractivity contribution in [1.82, 2.24) is 9.88 Å². The fourth-order valence-electron chi connectivity index (χ4n) is 3.37. The number of methoxy groups -OCH3 is 1. The van der Waals surface area contributed by atoms with E-state index < -0.39 is 5.97 Å². The number of nitrogens with one attached hydrogen (secondary N) is 1. The van der Waals surface area contributed by atoms with Gasteiger partial charge in [-0.15, -0.1) is 0 Å². The standard InChI is InChI=1S/C16H19N3O5S/c1-24-15(23)11-8-17-16(25-11)18-12(20)6-7-19-13(21)9-4-2-3-5-10(9)14(19)22/h8-10H,2-7H2,1H3,(H,17,18,20)/t9-,10+. The third-order valence-corrected chi connectivity index (χ3v) is 5.53. The molecule has 0 unspecified atom stereocenters. The van der Waals surface area contributed by atoms with E-state index >= 15 is 0 Å². The van der Waals surface area contributed by atoms with E-state index in [0.29, 0.717) is 0 Å². The third-order valence-electron chi connectivity index (χ3n) is 4.63. The summed E-state index contributed by atoms with van der Waals surface area (Å²) in [6.45, 7) is 0.0751. The maximum atomic E-state index is 12.3. The number of aromatic nitrogens is 1. The van der Waals surface area contributed by atoms with Crippen LogP contribution in [-0.4, -0.2) is 47.2 Å². The Balaban J connectivity index is 1.54. The zero-order valence-corrected chi connectivity index (χ0v) is 14.6. The van der Waals surface area contributed by atoms with E-state index in [9.17, 15) is 19.2 Å². The van der Waals surface area contributed by atoms with Crippen molar-refractivity contribution < 1.29 is 23.9 Å². The number of fused-ring (bicyclic) bond motifs is 1. The number of likely N-dealkylation sites (tertiary alicyclic amines) is 1. The van der Waals surface area contributed by atoms with E-state index in [0.717, 1.165) is 37.0 Å². The molecular weight excluding hydrogens is 346 g/mol. The van der Waals surface area contributed by atoms with E-state index in [1.165, 1.54) is 18.2 Å². The predicted molar refractivity (Wildman–Crippen MR) is 88.9 cm³/mol. The number of carbonyl (C=O) groups excluding carboxylic acids is 4. The van der Waals surface area contributed by atoms with Gasteiger partial charge < -0.3 is 10.1 Å². The Labute approximate surface area is 148 Å². The minimum atomic E-state index is -0.520. The van der Waals surface area contributed by atoms with Crippen LogP contribution in [0.3, 0.4) is 0 Å². The quantitative estimate of drug-likeness (QED) is 0.625. The highest BCUT2D eigenvalue weighted by molar-refractivity contribution is 7.17. The number of thiazole rings is 1. The van der Waals surface area contributed by atoms with Crippen LogP contribution in [-0.2, 0) is 19.1 Å². The van der Waals surface area contributed by atoms with Gasteiger partial charge in [0.2, 0.25) is 17.7 Å². The molecule has 0 bridgehead atoms. The molecule has 9 heteroatoms. The van der Waals surface area contributed by atoms with Crippen molar-refractivity contribution in [2.45, 2.75) is 32.1 Å². The van der Waals surface area contributed by atoms with Crippen LogP contribution in [0.1, 0.15) is 41.8 Å². The van der Waals surface area contributed by atoms with Crippen molar-refractivity contribution in [1.29, 1.82) is 0 Å². The van der Waals surface area contributed by atoms with Gasteiger partial charge in [0, 0.05) is 13.0 Å². The fourth-order valence-corrected chi connectivity index (χ4v) is 4.12. The van der Waals surface area contributed by atoms with Gasteiger partial charge in [-0.3, -0.25) is 19.3 Å². The van der Waals surface area contributed by atoms with Crippen LogP contribution in [0.25, 0.3) is 0 Å². The summed E-state index contributed by atoms with van der Waals surface area (Å²) in [7, 11) is 1.27. The van der Waals surface area contributed by atoms with Crippen molar-refractivity contribution in [3.8, 4) is 0 Å². The third kappa shape index (κ3) is 3.55. The second-order valence-corrected chi connectivity index (χ2v) is 7.18. The van der Waals surface area contributed by atoms with Gasteiger partial charge >= 0.3 is 5.97 Å². The SMILES string of the molecule is COC(=O)c1cnc(NC(=O)CCN2C(=O)[C@H]3CCCC[C@H]3C2=O)s1. The van der Waals surface area contributed by atoms with Crippen molar-refractivity contribution in [3.63, 3.8) is 0 Å². The first kappa shape index (κ1) is 17.5. The number of esters is 1. The molecule has 3 rings (SSSR count). The molecule has 2 aliphatic rings. The van der Waals surface area contributed by atoms with Crippen LogP contribution in [0.4, 0.5) is 5.13 Å². The monoisotopic (exact) mass is 365 g/mol. The highest BCUT2D eigenvalue weighted by atomic mass is 32.1. The van der Waals surface area contributed by atoms with Crippen LogP contribution >= 0.6 is 11.3 Å². The summed E-state index contributed by atoms with van der Waals surface area (Å²) in [5, 5.41) is 2.85. The first-order chi connectivity index (χ1) is 12.0. The maximum Gasteiger partial charge on any atom is 0.349 e. The minimum Gasteiger partial charge on any atom is -0.465 e. The Morgan fingerprint density at radius 1 is 1.28 bits per heavy atom. The molecule has 1 aromatic rings. The van der Waals surface area contributed by atoms with Gasteiger partial charge in [-0.25, -0.2) is 9.78 Å². The number of anilines is 1. The molecule has 1 saturated heterocycles. The second-order valence-electron chi connectivity index (χ2n) is 6.14. The number of rotatable bonds is 5. The average molecular weight is 365 g/mol. The molecule has 1 aliphatic carbocycles. The molecule has 8 nitrogen and oxygen atoms in total. The molecule has 2 heterocycles. The van der Waals surface area contributed by atoms with Crippen molar-refractivity contribution in [3.05, 3.63) is 11.1 Å². The van der Waals surface area contributed by atoms with Gasteiger partial charge in [-0.2, -0.15) is 0 Å². The number of nitrogens with zero attached hydrogens (tertiary/aromatic N) is 2. The smallest absolute Gasteiger partial charge is 0.349 e. The zero-order chi connectivity index (χ0) is 18.0. The summed E-state index contributed by atoms with van der Waals surface area (Å²) in [6, 6.07) is 0. The molecule has 2 fully saturated rings. The lowest BCUT2D eigenvalue weighted by molar-refractivity contribution is -0.140. The van der Waals surface area contributed by atoms with Gasteiger partial charge in [0.1, 0.15) is 4.88 Å². The number of imide groups is 1. The first-order valence-corrected chi connectivity index (χ1v) is 9.02. The van der Waals surface area contributed by atoms with E-state index in [1.54, 1.807) is 0 Å². The van der Waals surface area contributed by atoms with Crippen LogP contribution in [0, 0.1) is 11.8 Å². The van der Waals surface area contributed by atoms with Crippen molar-refractivity contribution in [2.75, 3.05) is 19.0 Å². The Kier molecular flexibility index (Phi) is 5.12. The Hall–Kier alpha value is -2.29. The van der Waals surface area contributed by atoms with Gasteiger partial charge in [0.05, 0.1) is 25.1 Å². The molecule has 1 aromatic heterocycles. The summed E-state index contributed by atoms with van der Waals surface area (Å²) >= 11 is 1.00. The zero-order valence-electron chi connectivity index (χ0n) is 13.8. The highest BCUT2D eigenvalue weighted by Gasteiger charge is 2.47. The molecule has 134 valence electrons. The Morgan fingerprint density at radius 3 is 2.52 bits per heavy atom. The summed E-state index contributed by atoms with van der Waals surface area (Å²) in [5.74, 6) is -1.58. The summed E-state index contributed by atoms with van der Waals surface area (Å²) in [5.41, 5.74) is 0. The normalized spacial score (nSPS) is 22.7. The molecule has 0 aromatic carbocycles. The van der Waals surface area contributed by atoms with Gasteiger partial charge in [-0.1, -0.05) is 24.2 Å². The van der Waals surface area contributed by atoms with E-state index in [1.807, 2.05) is 0 Å². The number of ether oxygens (including phenoxy) is 1. The minimum absolute atomic E-state index is 0.00403. The van der Waals surface area contributed by atoms with Crippen LogP contribution in [0.2, 0.25) is 0 Å². The molecule has 0 spiro atoms. The lowest BCUT2D eigenvalue weighted by atomic mass is 9.81. The molecule has 0 radical (unpaired) electrons. The molecule has 1 aliphatic heterocycles. The van der Waals surface area contributed by atoms with Gasteiger partial charge in [0.25, 0.3) is 0 Å². The number of carbonyl (C=O) groups is 4.